The molecule has 8 nitrogen and oxygen atoms in total. The molecule has 0 unspecified atom stereocenters. The van der Waals surface area contributed by atoms with E-state index in [9.17, 15) is 14.9 Å². The van der Waals surface area contributed by atoms with Crippen LogP contribution in [-0.2, 0) is 9.59 Å². The average molecular weight is 334 g/mol. The Labute approximate surface area is 143 Å². The summed E-state index contributed by atoms with van der Waals surface area (Å²) in [5.41, 5.74) is 0.117. The summed E-state index contributed by atoms with van der Waals surface area (Å²) in [6.07, 6.45) is 1.52. The maximum Gasteiger partial charge on any atom is 0.266 e. The van der Waals surface area contributed by atoms with Crippen molar-refractivity contribution in [2.45, 2.75) is 6.92 Å². The number of rotatable bonds is 5. The molecule has 2 amide bonds. The van der Waals surface area contributed by atoms with Gasteiger partial charge in [-0.1, -0.05) is 0 Å². The first kappa shape index (κ1) is 18.2. The third-order valence-corrected chi connectivity index (χ3v) is 4.39. The summed E-state index contributed by atoms with van der Waals surface area (Å²) < 4.78 is 0. The van der Waals surface area contributed by atoms with Crippen molar-refractivity contribution in [3.63, 3.8) is 0 Å². The zero-order chi connectivity index (χ0) is 17.4. The molecule has 0 aromatic rings. The summed E-state index contributed by atoms with van der Waals surface area (Å²) in [4.78, 5) is 29.4. The van der Waals surface area contributed by atoms with Crippen LogP contribution in [-0.4, -0.2) is 92.0 Å². The number of hydrogen-bond acceptors (Lipinski definition) is 6. The van der Waals surface area contributed by atoms with Gasteiger partial charge in [0.05, 0.1) is 0 Å². The maximum atomic E-state index is 12.4. The van der Waals surface area contributed by atoms with Crippen LogP contribution in [0, 0.1) is 11.3 Å². The molecule has 0 bridgehead atoms. The predicted octanol–water partition coefficient (Wildman–Crippen LogP) is -1.42. The summed E-state index contributed by atoms with van der Waals surface area (Å²) in [6.45, 7) is 9.17. The molecule has 132 valence electrons. The minimum Gasteiger partial charge on any atom is -0.388 e. The number of hydrogen-bond donors (Lipinski definition) is 2. The van der Waals surface area contributed by atoms with Gasteiger partial charge in [0, 0.05) is 78.6 Å². The summed E-state index contributed by atoms with van der Waals surface area (Å²) in [7, 11) is 0. The van der Waals surface area contributed by atoms with Gasteiger partial charge in [-0.05, 0) is 0 Å². The Morgan fingerprint density at radius 3 is 2.33 bits per heavy atom. The van der Waals surface area contributed by atoms with E-state index in [-0.39, 0.29) is 17.4 Å². The van der Waals surface area contributed by atoms with Crippen molar-refractivity contribution in [1.29, 1.82) is 5.26 Å². The zero-order valence-corrected chi connectivity index (χ0v) is 14.3. The van der Waals surface area contributed by atoms with E-state index in [0.29, 0.717) is 32.7 Å². The van der Waals surface area contributed by atoms with Gasteiger partial charge in [0.1, 0.15) is 11.6 Å². The zero-order valence-electron chi connectivity index (χ0n) is 14.3. The second-order valence-electron chi connectivity index (χ2n) is 6.01. The fourth-order valence-corrected chi connectivity index (χ4v) is 2.87. The normalized spacial score (nSPS) is 19.8. The molecule has 0 aromatic carbocycles. The highest BCUT2D eigenvalue weighted by Gasteiger charge is 2.24. The van der Waals surface area contributed by atoms with Crippen molar-refractivity contribution in [1.82, 2.24) is 25.3 Å². The highest BCUT2D eigenvalue weighted by molar-refractivity contribution is 5.97. The first-order valence-electron chi connectivity index (χ1n) is 8.43. The third-order valence-electron chi connectivity index (χ3n) is 4.39. The molecule has 0 spiro atoms. The SMILES string of the molecule is CC(=O)N1CCN(C(=O)/C(C#N)=C\NCCN2CCNCC2)CC1. The molecule has 8 heteroatoms. The van der Waals surface area contributed by atoms with Gasteiger partial charge in [0.15, 0.2) is 0 Å². The molecule has 0 radical (unpaired) electrons. The van der Waals surface area contributed by atoms with Gasteiger partial charge in [0.2, 0.25) is 5.91 Å². The van der Waals surface area contributed by atoms with Crippen LogP contribution in [0.4, 0.5) is 0 Å². The average Bonchev–Trinajstić information content (AvgIpc) is 2.62. The van der Waals surface area contributed by atoms with E-state index in [1.807, 2.05) is 6.07 Å². The standard InChI is InChI=1S/C16H26N6O2/c1-14(23)21-8-10-22(11-9-21)16(24)15(12-17)13-19-4-7-20-5-2-18-3-6-20/h13,18-19H,2-11H2,1H3/b15-13-. The molecule has 24 heavy (non-hydrogen) atoms. The van der Waals surface area contributed by atoms with Crippen molar-refractivity contribution < 1.29 is 9.59 Å². The van der Waals surface area contributed by atoms with Gasteiger partial charge in [-0.3, -0.25) is 14.5 Å². The van der Waals surface area contributed by atoms with Crippen LogP contribution >= 0.6 is 0 Å². The first-order valence-corrected chi connectivity index (χ1v) is 8.43. The second-order valence-corrected chi connectivity index (χ2v) is 6.01. The van der Waals surface area contributed by atoms with Crippen LogP contribution in [0.1, 0.15) is 6.92 Å². The van der Waals surface area contributed by atoms with Gasteiger partial charge in [-0.25, -0.2) is 0 Å². The molecule has 0 atom stereocenters. The highest BCUT2D eigenvalue weighted by atomic mass is 16.2. The van der Waals surface area contributed by atoms with Crippen molar-refractivity contribution in [2.75, 3.05) is 65.4 Å². The topological polar surface area (TPSA) is 91.7 Å². The quantitative estimate of drug-likeness (QED) is 0.364. The van der Waals surface area contributed by atoms with E-state index >= 15 is 0 Å². The van der Waals surface area contributed by atoms with Crippen LogP contribution in [0.25, 0.3) is 0 Å². The highest BCUT2D eigenvalue weighted by Crippen LogP contribution is 2.06. The van der Waals surface area contributed by atoms with Gasteiger partial charge < -0.3 is 20.4 Å². The molecule has 0 aliphatic carbocycles. The van der Waals surface area contributed by atoms with E-state index < -0.39 is 0 Å². The molecule has 0 saturated carbocycles. The van der Waals surface area contributed by atoms with E-state index in [2.05, 4.69) is 15.5 Å². The molecule has 2 aliphatic heterocycles. The first-order chi connectivity index (χ1) is 11.6. The molecule has 2 aliphatic rings. The summed E-state index contributed by atoms with van der Waals surface area (Å²) in [6, 6.07) is 1.97. The van der Waals surface area contributed by atoms with Crippen LogP contribution < -0.4 is 10.6 Å². The lowest BCUT2D eigenvalue weighted by Gasteiger charge is -2.34. The Bertz CT molecular complexity index is 513. The lowest BCUT2D eigenvalue weighted by Crippen LogP contribution is -2.50. The monoisotopic (exact) mass is 334 g/mol. The van der Waals surface area contributed by atoms with Crippen LogP contribution in [0.15, 0.2) is 11.8 Å². The van der Waals surface area contributed by atoms with Crippen molar-refractivity contribution in [3.8, 4) is 6.07 Å². The van der Waals surface area contributed by atoms with Gasteiger partial charge >= 0.3 is 0 Å². The molecule has 2 heterocycles. The maximum absolute atomic E-state index is 12.4. The lowest BCUT2D eigenvalue weighted by molar-refractivity contribution is -0.136. The van der Waals surface area contributed by atoms with Crippen molar-refractivity contribution in [3.05, 3.63) is 11.8 Å². The third kappa shape index (κ3) is 5.22. The Morgan fingerprint density at radius 2 is 1.75 bits per heavy atom. The Balaban J connectivity index is 1.76. The number of nitrogens with one attached hydrogen (secondary N) is 2. The molecule has 0 aromatic heterocycles. The second kappa shape index (κ2) is 9.25. The van der Waals surface area contributed by atoms with E-state index in [1.54, 1.807) is 9.80 Å². The van der Waals surface area contributed by atoms with Gasteiger partial charge in [0.25, 0.3) is 5.91 Å². The number of amides is 2. The molecule has 2 fully saturated rings. The number of carbonyl (C=O) groups excluding carboxylic acids is 2. The Morgan fingerprint density at radius 1 is 1.12 bits per heavy atom. The van der Waals surface area contributed by atoms with E-state index in [1.165, 1.54) is 13.1 Å². The van der Waals surface area contributed by atoms with Gasteiger partial charge in [-0.15, -0.1) is 0 Å². The van der Waals surface area contributed by atoms with E-state index in [0.717, 1.165) is 32.7 Å². The summed E-state index contributed by atoms with van der Waals surface area (Å²) in [5, 5.41) is 15.6. The van der Waals surface area contributed by atoms with Crippen LogP contribution in [0.2, 0.25) is 0 Å². The Hall–Kier alpha value is -2.11. The number of piperazine rings is 2. The van der Waals surface area contributed by atoms with Crippen LogP contribution in [0.3, 0.4) is 0 Å². The minimum absolute atomic E-state index is 0.0210. The van der Waals surface area contributed by atoms with Crippen LogP contribution in [0.5, 0.6) is 0 Å². The van der Waals surface area contributed by atoms with Gasteiger partial charge in [-0.2, -0.15) is 5.26 Å². The predicted molar refractivity (Wildman–Crippen MR) is 89.8 cm³/mol. The smallest absolute Gasteiger partial charge is 0.266 e. The van der Waals surface area contributed by atoms with E-state index in [4.69, 9.17) is 0 Å². The van der Waals surface area contributed by atoms with Crippen molar-refractivity contribution >= 4 is 11.8 Å². The fourth-order valence-electron chi connectivity index (χ4n) is 2.87. The molecule has 2 N–H and O–H groups in total. The largest absolute Gasteiger partial charge is 0.388 e. The number of nitriles is 1. The number of carbonyl (C=O) groups is 2. The molecule has 2 saturated heterocycles. The fraction of sp³-hybridized carbons (Fsp3) is 0.688. The molecular formula is C16H26N6O2. The number of nitrogens with zero attached hydrogens (tertiary/aromatic N) is 4. The lowest BCUT2D eigenvalue weighted by atomic mass is 10.2. The summed E-state index contributed by atoms with van der Waals surface area (Å²) >= 11 is 0. The van der Waals surface area contributed by atoms with Crippen molar-refractivity contribution in [2.24, 2.45) is 0 Å². The Kier molecular flexibility index (Phi) is 7.03. The molecular weight excluding hydrogens is 308 g/mol. The minimum atomic E-state index is -0.268. The molecule has 2 rings (SSSR count). The summed E-state index contributed by atoms with van der Waals surface area (Å²) in [5.74, 6) is -0.247.